The summed E-state index contributed by atoms with van der Waals surface area (Å²) in [7, 11) is -3.42. The van der Waals surface area contributed by atoms with Crippen molar-refractivity contribution in [3.63, 3.8) is 0 Å². The topological polar surface area (TPSA) is 37.4 Å². The summed E-state index contributed by atoms with van der Waals surface area (Å²) >= 11 is 9.15. The highest BCUT2D eigenvalue weighted by molar-refractivity contribution is 9.10. The molecule has 1 aliphatic rings. The first-order valence-electron chi connectivity index (χ1n) is 5.79. The lowest BCUT2D eigenvalue weighted by atomic mass is 10.1. The Morgan fingerprint density at radius 2 is 2.06 bits per heavy atom. The van der Waals surface area contributed by atoms with Crippen LogP contribution in [-0.4, -0.2) is 25.3 Å². The van der Waals surface area contributed by atoms with Gasteiger partial charge in [0.15, 0.2) is 0 Å². The monoisotopic (exact) mass is 351 g/mol. The van der Waals surface area contributed by atoms with Crippen molar-refractivity contribution in [3.8, 4) is 0 Å². The van der Waals surface area contributed by atoms with E-state index in [-0.39, 0.29) is 6.04 Å². The molecule has 0 radical (unpaired) electrons. The summed E-state index contributed by atoms with van der Waals surface area (Å²) in [5.41, 5.74) is 0. The fourth-order valence-corrected chi connectivity index (χ4v) is 4.81. The van der Waals surface area contributed by atoms with Gasteiger partial charge in [0.05, 0.1) is 9.92 Å². The van der Waals surface area contributed by atoms with Gasteiger partial charge in [0.25, 0.3) is 0 Å². The van der Waals surface area contributed by atoms with E-state index in [4.69, 9.17) is 11.6 Å². The zero-order valence-corrected chi connectivity index (χ0v) is 13.4. The summed E-state index contributed by atoms with van der Waals surface area (Å²) in [6.07, 6.45) is 0.911. The van der Waals surface area contributed by atoms with Gasteiger partial charge in [0.1, 0.15) is 0 Å². The molecule has 6 heteroatoms. The molecule has 0 N–H and O–H groups in total. The van der Waals surface area contributed by atoms with E-state index in [1.54, 1.807) is 22.5 Å². The van der Waals surface area contributed by atoms with Crippen molar-refractivity contribution in [2.24, 2.45) is 5.92 Å². The molecule has 0 amide bonds. The molecule has 2 unspecified atom stereocenters. The van der Waals surface area contributed by atoms with Crippen molar-refractivity contribution < 1.29 is 8.42 Å². The molecule has 18 heavy (non-hydrogen) atoms. The van der Waals surface area contributed by atoms with Gasteiger partial charge >= 0.3 is 0 Å². The Balaban J connectivity index is 2.39. The van der Waals surface area contributed by atoms with Crippen molar-refractivity contribution in [2.75, 3.05) is 6.54 Å². The second-order valence-corrected chi connectivity index (χ2v) is 7.99. The minimum atomic E-state index is -3.42. The summed E-state index contributed by atoms with van der Waals surface area (Å²) in [5.74, 6) is 0.408. The van der Waals surface area contributed by atoms with E-state index in [0.29, 0.717) is 26.9 Å². The van der Waals surface area contributed by atoms with Crippen LogP contribution in [0.2, 0.25) is 5.02 Å². The van der Waals surface area contributed by atoms with Crippen molar-refractivity contribution >= 4 is 37.6 Å². The van der Waals surface area contributed by atoms with E-state index < -0.39 is 10.0 Å². The molecule has 1 fully saturated rings. The molecule has 100 valence electrons. The lowest BCUT2D eigenvalue weighted by molar-refractivity contribution is 0.405. The van der Waals surface area contributed by atoms with Gasteiger partial charge in [-0.2, -0.15) is 4.31 Å². The van der Waals surface area contributed by atoms with Gasteiger partial charge in [0, 0.05) is 17.1 Å². The highest BCUT2D eigenvalue weighted by Crippen LogP contribution is 2.31. The van der Waals surface area contributed by atoms with Crippen LogP contribution in [0.4, 0.5) is 0 Å². The van der Waals surface area contributed by atoms with Gasteiger partial charge in [-0.05, 0) is 53.4 Å². The predicted octanol–water partition coefficient (Wildman–Crippen LogP) is 3.52. The van der Waals surface area contributed by atoms with Crippen LogP contribution in [0.5, 0.6) is 0 Å². The minimum Gasteiger partial charge on any atom is -0.207 e. The Kier molecular flexibility index (Phi) is 4.07. The smallest absolute Gasteiger partial charge is 0.207 e. The first-order chi connectivity index (χ1) is 8.32. The second-order valence-electron chi connectivity index (χ2n) is 4.84. The number of nitrogens with zero attached hydrogens (tertiary/aromatic N) is 1. The molecular weight excluding hydrogens is 338 g/mol. The normalized spacial score (nSPS) is 25.6. The summed E-state index contributed by atoms with van der Waals surface area (Å²) in [6.45, 7) is 4.61. The van der Waals surface area contributed by atoms with Gasteiger partial charge in [-0.1, -0.05) is 18.5 Å². The first kappa shape index (κ1) is 14.3. The molecule has 1 aromatic carbocycles. The standard InChI is InChI=1S/C12H15BrClNO2S/c1-8-5-9(2)15(7-8)18(16,17)10-3-4-12(14)11(13)6-10/h3-4,6,8-9H,5,7H2,1-2H3. The van der Waals surface area contributed by atoms with Crippen LogP contribution in [0.1, 0.15) is 20.3 Å². The van der Waals surface area contributed by atoms with Crippen LogP contribution in [0.3, 0.4) is 0 Å². The molecule has 0 aromatic heterocycles. The fourth-order valence-electron chi connectivity index (χ4n) is 2.37. The Morgan fingerprint density at radius 1 is 1.39 bits per heavy atom. The van der Waals surface area contributed by atoms with Crippen molar-refractivity contribution in [2.45, 2.75) is 31.2 Å². The summed E-state index contributed by atoms with van der Waals surface area (Å²) in [6, 6.07) is 4.77. The number of benzene rings is 1. The van der Waals surface area contributed by atoms with Gasteiger partial charge < -0.3 is 0 Å². The van der Waals surface area contributed by atoms with E-state index in [1.165, 1.54) is 0 Å². The highest BCUT2D eigenvalue weighted by Gasteiger charge is 2.36. The summed E-state index contributed by atoms with van der Waals surface area (Å²) in [5, 5.41) is 0.511. The third kappa shape index (κ3) is 2.59. The molecular formula is C12H15BrClNO2S. The predicted molar refractivity (Wildman–Crippen MR) is 76.3 cm³/mol. The summed E-state index contributed by atoms with van der Waals surface area (Å²) in [4.78, 5) is 0.291. The van der Waals surface area contributed by atoms with Gasteiger partial charge in [-0.25, -0.2) is 8.42 Å². The molecule has 1 aliphatic heterocycles. The SMILES string of the molecule is CC1CC(C)N(S(=O)(=O)c2ccc(Cl)c(Br)c2)C1. The van der Waals surface area contributed by atoms with Crippen molar-refractivity contribution in [3.05, 3.63) is 27.7 Å². The van der Waals surface area contributed by atoms with Crippen LogP contribution in [0, 0.1) is 5.92 Å². The van der Waals surface area contributed by atoms with Crippen LogP contribution in [0.25, 0.3) is 0 Å². The number of halogens is 2. The molecule has 2 rings (SSSR count). The zero-order valence-electron chi connectivity index (χ0n) is 10.2. The maximum atomic E-state index is 12.5. The molecule has 1 heterocycles. The maximum Gasteiger partial charge on any atom is 0.243 e. The molecule has 0 aliphatic carbocycles. The van der Waals surface area contributed by atoms with Crippen LogP contribution < -0.4 is 0 Å². The van der Waals surface area contributed by atoms with Crippen LogP contribution in [0.15, 0.2) is 27.6 Å². The van der Waals surface area contributed by atoms with Crippen LogP contribution >= 0.6 is 27.5 Å². The Morgan fingerprint density at radius 3 is 2.56 bits per heavy atom. The van der Waals surface area contributed by atoms with E-state index in [0.717, 1.165) is 6.42 Å². The lowest BCUT2D eigenvalue weighted by Gasteiger charge is -2.21. The average Bonchev–Trinajstić information content (AvgIpc) is 2.62. The molecule has 0 spiro atoms. The Bertz CT molecular complexity index is 561. The average molecular weight is 353 g/mol. The third-order valence-corrected chi connectivity index (χ3v) is 6.41. The van der Waals surface area contributed by atoms with E-state index in [2.05, 4.69) is 22.9 Å². The number of hydrogen-bond donors (Lipinski definition) is 0. The second kappa shape index (κ2) is 5.12. The maximum absolute atomic E-state index is 12.5. The first-order valence-corrected chi connectivity index (χ1v) is 8.40. The molecule has 1 saturated heterocycles. The van der Waals surface area contributed by atoms with Gasteiger partial charge in [0.2, 0.25) is 10.0 Å². The summed E-state index contributed by atoms with van der Waals surface area (Å²) < 4.78 is 27.2. The van der Waals surface area contributed by atoms with E-state index in [1.807, 2.05) is 6.92 Å². The van der Waals surface area contributed by atoms with Crippen molar-refractivity contribution in [1.29, 1.82) is 0 Å². The minimum absolute atomic E-state index is 0.0550. The highest BCUT2D eigenvalue weighted by atomic mass is 79.9. The molecule has 1 aromatic rings. The number of sulfonamides is 1. The largest absolute Gasteiger partial charge is 0.243 e. The quantitative estimate of drug-likeness (QED) is 0.816. The lowest BCUT2D eigenvalue weighted by Crippen LogP contribution is -2.34. The van der Waals surface area contributed by atoms with Gasteiger partial charge in [-0.15, -0.1) is 0 Å². The zero-order chi connectivity index (χ0) is 13.5. The Labute approximate surface area is 121 Å². The van der Waals surface area contributed by atoms with Gasteiger partial charge in [-0.3, -0.25) is 0 Å². The van der Waals surface area contributed by atoms with Crippen LogP contribution in [-0.2, 0) is 10.0 Å². The van der Waals surface area contributed by atoms with Crippen molar-refractivity contribution in [1.82, 2.24) is 4.31 Å². The third-order valence-electron chi connectivity index (χ3n) is 3.22. The molecule has 3 nitrogen and oxygen atoms in total. The molecule has 0 bridgehead atoms. The number of hydrogen-bond acceptors (Lipinski definition) is 2. The van der Waals surface area contributed by atoms with E-state index in [9.17, 15) is 8.42 Å². The molecule has 0 saturated carbocycles. The molecule has 2 atom stereocenters. The van der Waals surface area contributed by atoms with E-state index >= 15 is 0 Å². The fraction of sp³-hybridized carbons (Fsp3) is 0.500. The Hall–Kier alpha value is -0.100. The number of rotatable bonds is 2.